The third-order valence-corrected chi connectivity index (χ3v) is 4.77. The molecule has 2 rings (SSSR count). The van der Waals surface area contributed by atoms with Crippen LogP contribution in [0.4, 0.5) is 0 Å². The predicted molar refractivity (Wildman–Crippen MR) is 77.8 cm³/mol. The van der Waals surface area contributed by atoms with E-state index in [1.165, 1.54) is 0 Å². The van der Waals surface area contributed by atoms with E-state index in [0.717, 1.165) is 6.42 Å². The number of esters is 2. The van der Waals surface area contributed by atoms with Gasteiger partial charge in [0.25, 0.3) is 0 Å². The van der Waals surface area contributed by atoms with Crippen molar-refractivity contribution in [3.05, 3.63) is 0 Å². The second kappa shape index (κ2) is 7.92. The van der Waals surface area contributed by atoms with E-state index in [2.05, 4.69) is 0 Å². The molecule has 2 saturated carbocycles. The number of aliphatic hydroxyl groups excluding tert-OH is 2. The molecule has 0 heterocycles. The summed E-state index contributed by atoms with van der Waals surface area (Å²) in [4.78, 5) is 23.5. The summed E-state index contributed by atoms with van der Waals surface area (Å²) < 4.78 is 10.2. The van der Waals surface area contributed by atoms with Gasteiger partial charge in [-0.2, -0.15) is 0 Å². The maximum Gasteiger partial charge on any atom is 0.311 e. The van der Waals surface area contributed by atoms with Crippen molar-refractivity contribution in [2.45, 2.75) is 57.7 Å². The highest BCUT2D eigenvalue weighted by atomic mass is 16.5. The number of rotatable bonds is 6. The Labute approximate surface area is 130 Å². The van der Waals surface area contributed by atoms with Gasteiger partial charge in [0.15, 0.2) is 0 Å². The van der Waals surface area contributed by atoms with Gasteiger partial charge in [0.05, 0.1) is 37.3 Å². The minimum Gasteiger partial charge on any atom is -0.466 e. The zero-order valence-electron chi connectivity index (χ0n) is 13.1. The topological polar surface area (TPSA) is 93.1 Å². The summed E-state index contributed by atoms with van der Waals surface area (Å²) in [6.07, 6.45) is 2.70. The summed E-state index contributed by atoms with van der Waals surface area (Å²) in [5, 5.41) is 19.6. The Morgan fingerprint density at radius 1 is 1.00 bits per heavy atom. The van der Waals surface area contributed by atoms with Crippen molar-refractivity contribution >= 4 is 11.9 Å². The Kier molecular flexibility index (Phi) is 6.20. The van der Waals surface area contributed by atoms with Crippen molar-refractivity contribution in [1.29, 1.82) is 0 Å². The summed E-state index contributed by atoms with van der Waals surface area (Å²) in [6.45, 7) is 2.33. The van der Waals surface area contributed by atoms with Crippen LogP contribution >= 0.6 is 0 Å². The van der Waals surface area contributed by atoms with Gasteiger partial charge < -0.3 is 19.7 Å². The largest absolute Gasteiger partial charge is 0.466 e. The molecule has 0 aromatic carbocycles. The molecule has 0 spiro atoms. The SMILES string of the molecule is CCOC(=O)[C@H]1CC(CCOC(=O)C2CCCC2O)CC1O. The molecule has 2 N–H and O–H groups in total. The van der Waals surface area contributed by atoms with Gasteiger partial charge >= 0.3 is 11.9 Å². The zero-order chi connectivity index (χ0) is 16.1. The molecule has 6 nitrogen and oxygen atoms in total. The molecule has 2 aliphatic rings. The molecule has 2 fully saturated rings. The van der Waals surface area contributed by atoms with Crippen LogP contribution in [-0.4, -0.2) is 47.6 Å². The second-order valence-electron chi connectivity index (χ2n) is 6.32. The number of aliphatic hydroxyl groups is 2. The van der Waals surface area contributed by atoms with Crippen molar-refractivity contribution in [2.24, 2.45) is 17.8 Å². The Balaban J connectivity index is 1.69. The molecule has 4 unspecified atom stereocenters. The molecule has 0 amide bonds. The maximum atomic E-state index is 11.8. The van der Waals surface area contributed by atoms with Crippen LogP contribution in [-0.2, 0) is 19.1 Å². The fraction of sp³-hybridized carbons (Fsp3) is 0.875. The van der Waals surface area contributed by atoms with Crippen molar-refractivity contribution in [2.75, 3.05) is 13.2 Å². The average molecular weight is 314 g/mol. The van der Waals surface area contributed by atoms with Crippen LogP contribution in [0.15, 0.2) is 0 Å². The van der Waals surface area contributed by atoms with Gasteiger partial charge in [0, 0.05) is 0 Å². The smallest absolute Gasteiger partial charge is 0.311 e. The highest BCUT2D eigenvalue weighted by Crippen LogP contribution is 2.34. The van der Waals surface area contributed by atoms with Gasteiger partial charge in [0.2, 0.25) is 0 Å². The number of hydrogen-bond acceptors (Lipinski definition) is 6. The van der Waals surface area contributed by atoms with Crippen LogP contribution < -0.4 is 0 Å². The van der Waals surface area contributed by atoms with Crippen LogP contribution in [0.25, 0.3) is 0 Å². The molecule has 0 bridgehead atoms. The lowest BCUT2D eigenvalue weighted by Crippen LogP contribution is -2.25. The molecule has 2 aliphatic carbocycles. The highest BCUT2D eigenvalue weighted by molar-refractivity contribution is 5.74. The number of hydrogen-bond donors (Lipinski definition) is 2. The first kappa shape index (κ1) is 17.2. The lowest BCUT2D eigenvalue weighted by molar-refractivity contribution is -0.152. The fourth-order valence-electron chi connectivity index (χ4n) is 3.51. The van der Waals surface area contributed by atoms with Crippen molar-refractivity contribution in [1.82, 2.24) is 0 Å². The second-order valence-corrected chi connectivity index (χ2v) is 6.32. The van der Waals surface area contributed by atoms with Gasteiger partial charge in [0.1, 0.15) is 0 Å². The zero-order valence-corrected chi connectivity index (χ0v) is 13.1. The number of ether oxygens (including phenoxy) is 2. The first-order chi connectivity index (χ1) is 10.5. The van der Waals surface area contributed by atoms with Crippen LogP contribution in [0.1, 0.15) is 45.4 Å². The van der Waals surface area contributed by atoms with E-state index >= 15 is 0 Å². The average Bonchev–Trinajstić information content (AvgIpc) is 3.05. The molecule has 6 heteroatoms. The quantitative estimate of drug-likeness (QED) is 0.711. The Morgan fingerprint density at radius 3 is 2.36 bits per heavy atom. The summed E-state index contributed by atoms with van der Waals surface area (Å²) in [6, 6.07) is 0. The molecule has 22 heavy (non-hydrogen) atoms. The van der Waals surface area contributed by atoms with E-state index in [1.807, 2.05) is 0 Å². The van der Waals surface area contributed by atoms with Gasteiger partial charge in [-0.05, 0) is 51.4 Å². The van der Waals surface area contributed by atoms with E-state index in [0.29, 0.717) is 38.7 Å². The number of carbonyl (C=O) groups excluding carboxylic acids is 2. The molecule has 0 radical (unpaired) electrons. The van der Waals surface area contributed by atoms with Crippen LogP contribution in [0.2, 0.25) is 0 Å². The van der Waals surface area contributed by atoms with E-state index in [-0.39, 0.29) is 30.4 Å². The lowest BCUT2D eigenvalue weighted by Gasteiger charge is -2.15. The minimum atomic E-state index is -0.670. The fourth-order valence-corrected chi connectivity index (χ4v) is 3.51. The molecule has 0 aliphatic heterocycles. The molecule has 5 atom stereocenters. The van der Waals surface area contributed by atoms with Gasteiger partial charge in [-0.1, -0.05) is 0 Å². The Bertz CT molecular complexity index is 396. The molecule has 0 saturated heterocycles. The minimum absolute atomic E-state index is 0.158. The van der Waals surface area contributed by atoms with E-state index in [9.17, 15) is 19.8 Å². The summed E-state index contributed by atoms with van der Waals surface area (Å²) in [5.41, 5.74) is 0. The predicted octanol–water partition coefficient (Wildman–Crippen LogP) is 1.03. The lowest BCUT2D eigenvalue weighted by atomic mass is 10.0. The van der Waals surface area contributed by atoms with Crippen LogP contribution in [0.3, 0.4) is 0 Å². The maximum absolute atomic E-state index is 11.8. The standard InChI is InChI=1S/C16H26O6/c1-2-21-16(20)12-8-10(9-14(12)18)6-7-22-15(19)11-4-3-5-13(11)17/h10-14,17-18H,2-9H2,1H3/t10?,11?,12-,13?,14?/m0/s1. The third kappa shape index (κ3) is 4.20. The summed E-state index contributed by atoms with van der Waals surface area (Å²) >= 11 is 0. The third-order valence-electron chi connectivity index (χ3n) is 4.77. The highest BCUT2D eigenvalue weighted by Gasteiger charge is 2.38. The van der Waals surface area contributed by atoms with Crippen LogP contribution in [0.5, 0.6) is 0 Å². The molecular weight excluding hydrogens is 288 g/mol. The first-order valence-corrected chi connectivity index (χ1v) is 8.22. The normalized spacial score (nSPS) is 34.6. The van der Waals surface area contributed by atoms with E-state index in [4.69, 9.17) is 9.47 Å². The van der Waals surface area contributed by atoms with Crippen molar-refractivity contribution in [3.8, 4) is 0 Å². The van der Waals surface area contributed by atoms with Gasteiger partial charge in [-0.15, -0.1) is 0 Å². The molecule has 0 aromatic heterocycles. The summed E-state index contributed by atoms with van der Waals surface area (Å²) in [5.74, 6) is -1.36. The molecule has 126 valence electrons. The Hall–Kier alpha value is -1.14. The van der Waals surface area contributed by atoms with E-state index in [1.54, 1.807) is 6.92 Å². The number of carbonyl (C=O) groups is 2. The monoisotopic (exact) mass is 314 g/mol. The van der Waals surface area contributed by atoms with Crippen molar-refractivity contribution in [3.63, 3.8) is 0 Å². The first-order valence-electron chi connectivity index (χ1n) is 8.22. The molecule has 0 aromatic rings. The summed E-state index contributed by atoms with van der Waals surface area (Å²) in [7, 11) is 0. The van der Waals surface area contributed by atoms with Gasteiger partial charge in [-0.25, -0.2) is 0 Å². The van der Waals surface area contributed by atoms with Gasteiger partial charge in [-0.3, -0.25) is 9.59 Å². The Morgan fingerprint density at radius 2 is 1.73 bits per heavy atom. The van der Waals surface area contributed by atoms with Crippen LogP contribution in [0, 0.1) is 17.8 Å². The molecular formula is C16H26O6. The van der Waals surface area contributed by atoms with Crippen molar-refractivity contribution < 1.29 is 29.3 Å². The van der Waals surface area contributed by atoms with E-state index < -0.39 is 18.1 Å².